The van der Waals surface area contributed by atoms with Gasteiger partial charge in [-0.05, 0) is 43.3 Å². The molecular formula is C24H20F4N6O3. The van der Waals surface area contributed by atoms with Crippen molar-refractivity contribution in [2.45, 2.75) is 33.2 Å². The summed E-state index contributed by atoms with van der Waals surface area (Å²) in [5.74, 6) is -1.59. The van der Waals surface area contributed by atoms with Gasteiger partial charge in [0.2, 0.25) is 5.91 Å². The monoisotopic (exact) mass is 516 g/mol. The number of carbonyl (C=O) groups is 2. The Morgan fingerprint density at radius 3 is 2.65 bits per heavy atom. The molecule has 1 atom stereocenters. The van der Waals surface area contributed by atoms with Gasteiger partial charge in [0, 0.05) is 30.8 Å². The van der Waals surface area contributed by atoms with Crippen LogP contribution in [-0.4, -0.2) is 44.2 Å². The van der Waals surface area contributed by atoms with Crippen LogP contribution < -0.4 is 15.4 Å². The molecule has 37 heavy (non-hydrogen) atoms. The van der Waals surface area contributed by atoms with Gasteiger partial charge in [-0.1, -0.05) is 0 Å². The lowest BCUT2D eigenvalue weighted by molar-refractivity contribution is -0.114. The molecule has 0 aliphatic carbocycles. The summed E-state index contributed by atoms with van der Waals surface area (Å²) >= 11 is 0. The van der Waals surface area contributed by atoms with Crippen molar-refractivity contribution in [3.05, 3.63) is 71.4 Å². The maximum absolute atomic E-state index is 13.7. The van der Waals surface area contributed by atoms with E-state index in [-0.39, 0.29) is 29.3 Å². The van der Waals surface area contributed by atoms with E-state index in [1.165, 1.54) is 23.8 Å². The van der Waals surface area contributed by atoms with Gasteiger partial charge in [0.1, 0.15) is 11.6 Å². The second kappa shape index (κ2) is 10.6. The summed E-state index contributed by atoms with van der Waals surface area (Å²) in [6.45, 7) is 2.64. The first-order valence-electron chi connectivity index (χ1n) is 10.9. The number of ether oxygens (including phenoxy) is 1. The molecule has 0 radical (unpaired) electrons. The number of aromatic nitrogens is 4. The molecule has 4 rings (SSSR count). The van der Waals surface area contributed by atoms with Gasteiger partial charge in [-0.3, -0.25) is 14.6 Å². The number of aryl methyl sites for hydroxylation is 1. The maximum Gasteiger partial charge on any atom is 0.304 e. The van der Waals surface area contributed by atoms with E-state index in [0.29, 0.717) is 28.4 Å². The predicted molar refractivity (Wildman–Crippen MR) is 124 cm³/mol. The van der Waals surface area contributed by atoms with Crippen LogP contribution in [0, 0.1) is 12.7 Å². The first-order valence-corrected chi connectivity index (χ1v) is 10.9. The van der Waals surface area contributed by atoms with Crippen molar-refractivity contribution in [3.8, 4) is 17.0 Å². The van der Waals surface area contributed by atoms with Gasteiger partial charge in [-0.15, -0.1) is 0 Å². The highest BCUT2D eigenvalue weighted by atomic mass is 19.3. The van der Waals surface area contributed by atoms with Crippen molar-refractivity contribution in [1.29, 1.82) is 0 Å². The molecule has 0 saturated heterocycles. The summed E-state index contributed by atoms with van der Waals surface area (Å²) in [5.41, 5.74) is 1.98. The van der Waals surface area contributed by atoms with Gasteiger partial charge in [0.15, 0.2) is 11.5 Å². The summed E-state index contributed by atoms with van der Waals surface area (Å²) in [5, 5.41) is 9.55. The van der Waals surface area contributed by atoms with E-state index in [4.69, 9.17) is 0 Å². The summed E-state index contributed by atoms with van der Waals surface area (Å²) < 4.78 is 58.2. The number of fused-ring (bicyclic) bond motifs is 1. The lowest BCUT2D eigenvalue weighted by Gasteiger charge is -2.15. The van der Waals surface area contributed by atoms with Crippen LogP contribution in [-0.2, 0) is 11.3 Å². The molecule has 1 aromatic carbocycles. The third kappa shape index (κ3) is 6.00. The van der Waals surface area contributed by atoms with Crippen molar-refractivity contribution in [3.63, 3.8) is 0 Å². The lowest BCUT2D eigenvalue weighted by atomic mass is 10.1. The maximum atomic E-state index is 13.7. The Balaban J connectivity index is 1.55. The predicted octanol–water partition coefficient (Wildman–Crippen LogP) is 4.07. The molecule has 0 aliphatic rings. The van der Waals surface area contributed by atoms with Crippen LogP contribution in [0.2, 0.25) is 0 Å². The smallest absolute Gasteiger partial charge is 0.304 e. The number of rotatable bonds is 8. The number of carbonyl (C=O) groups excluding carboxylic acids is 2. The Bertz CT molecular complexity index is 1480. The molecule has 0 fully saturated rings. The molecule has 192 valence electrons. The van der Waals surface area contributed by atoms with E-state index in [1.54, 1.807) is 25.1 Å². The normalized spacial score (nSPS) is 12.0. The van der Waals surface area contributed by atoms with E-state index >= 15 is 0 Å². The number of halogens is 4. The first kappa shape index (κ1) is 25.5. The van der Waals surface area contributed by atoms with E-state index in [0.717, 1.165) is 18.2 Å². The first-order chi connectivity index (χ1) is 17.6. The van der Waals surface area contributed by atoms with E-state index < -0.39 is 24.5 Å². The van der Waals surface area contributed by atoms with E-state index in [9.17, 15) is 27.2 Å². The number of hydrogen-bond acceptors (Lipinski definition) is 6. The summed E-state index contributed by atoms with van der Waals surface area (Å²) in [6, 6.07) is 7.79. The van der Waals surface area contributed by atoms with Crippen LogP contribution in [0.25, 0.3) is 16.9 Å². The van der Waals surface area contributed by atoms with Crippen LogP contribution in [0.5, 0.6) is 5.75 Å². The molecule has 13 heteroatoms. The minimum Gasteiger partial charge on any atom is -0.454 e. The zero-order valence-corrected chi connectivity index (χ0v) is 19.5. The van der Waals surface area contributed by atoms with Crippen molar-refractivity contribution in [2.24, 2.45) is 0 Å². The number of anilines is 1. The molecule has 3 aromatic heterocycles. The van der Waals surface area contributed by atoms with Crippen LogP contribution in [0.4, 0.5) is 23.4 Å². The summed E-state index contributed by atoms with van der Waals surface area (Å²) in [4.78, 5) is 32.7. The molecule has 0 bridgehead atoms. The molecular weight excluding hydrogens is 496 g/mol. The van der Waals surface area contributed by atoms with Gasteiger partial charge in [0.25, 0.3) is 12.3 Å². The standard InChI is InChI=1S/C24H20F4N6O3/c1-12-17(24(36)30-10-15-7-16(25)3-5-19(15)37-23(28)22(26)27)8-14(9-29-12)18-4-6-21-32-20(31-13(2)35)11-34(21)33-18/h3-9,11,22-23H,10H2,1-2H3,(H,30,36)(H,31,35). The average molecular weight is 516 g/mol. The average Bonchev–Trinajstić information content (AvgIpc) is 3.24. The van der Waals surface area contributed by atoms with Crippen molar-refractivity contribution >= 4 is 23.3 Å². The number of nitrogens with one attached hydrogen (secondary N) is 2. The number of benzene rings is 1. The quantitative estimate of drug-likeness (QED) is 0.342. The number of pyridine rings is 1. The number of nitrogens with zero attached hydrogens (tertiary/aromatic N) is 4. The fraction of sp³-hybridized carbons (Fsp3) is 0.208. The fourth-order valence-corrected chi connectivity index (χ4v) is 3.42. The Morgan fingerprint density at radius 1 is 1.14 bits per heavy atom. The minimum absolute atomic E-state index is 0.0272. The SMILES string of the molecule is CC(=O)Nc1cn2nc(-c3cnc(C)c(C(=O)NCc4cc(F)ccc4OC(F)C(F)F)c3)ccc2n1. The molecule has 2 amide bonds. The molecule has 4 aromatic rings. The Hall–Kier alpha value is -4.55. The molecule has 3 heterocycles. The molecule has 0 saturated carbocycles. The van der Waals surface area contributed by atoms with Crippen molar-refractivity contribution < 1.29 is 31.9 Å². The van der Waals surface area contributed by atoms with E-state index in [2.05, 4.69) is 30.4 Å². The lowest BCUT2D eigenvalue weighted by Crippen LogP contribution is -2.25. The summed E-state index contributed by atoms with van der Waals surface area (Å²) in [7, 11) is 0. The number of alkyl halides is 3. The number of hydrogen-bond donors (Lipinski definition) is 2. The largest absolute Gasteiger partial charge is 0.454 e. The Morgan fingerprint density at radius 2 is 1.92 bits per heavy atom. The van der Waals surface area contributed by atoms with E-state index in [1.807, 2.05) is 0 Å². The minimum atomic E-state index is -3.39. The molecule has 0 spiro atoms. The van der Waals surface area contributed by atoms with Crippen LogP contribution >= 0.6 is 0 Å². The second-order valence-corrected chi connectivity index (χ2v) is 7.92. The zero-order chi connectivity index (χ0) is 26.7. The number of amides is 2. The molecule has 1 unspecified atom stereocenters. The third-order valence-electron chi connectivity index (χ3n) is 5.15. The second-order valence-electron chi connectivity index (χ2n) is 7.92. The van der Waals surface area contributed by atoms with Crippen LogP contribution in [0.15, 0.2) is 48.8 Å². The van der Waals surface area contributed by atoms with Gasteiger partial charge < -0.3 is 15.4 Å². The highest BCUT2D eigenvalue weighted by Crippen LogP contribution is 2.24. The van der Waals surface area contributed by atoms with Crippen molar-refractivity contribution in [2.75, 3.05) is 5.32 Å². The molecule has 9 nitrogen and oxygen atoms in total. The molecule has 2 N–H and O–H groups in total. The van der Waals surface area contributed by atoms with Crippen LogP contribution in [0.1, 0.15) is 28.5 Å². The number of imidazole rings is 1. The van der Waals surface area contributed by atoms with Crippen LogP contribution in [0.3, 0.4) is 0 Å². The van der Waals surface area contributed by atoms with Crippen molar-refractivity contribution in [1.82, 2.24) is 24.9 Å². The van der Waals surface area contributed by atoms with Gasteiger partial charge in [0.05, 0.1) is 23.1 Å². The van der Waals surface area contributed by atoms with Gasteiger partial charge in [-0.2, -0.15) is 9.49 Å². The summed E-state index contributed by atoms with van der Waals surface area (Å²) in [6.07, 6.45) is -3.24. The van der Waals surface area contributed by atoms with Gasteiger partial charge in [-0.25, -0.2) is 22.7 Å². The Labute approximate surface area is 207 Å². The zero-order valence-electron chi connectivity index (χ0n) is 19.5. The molecule has 0 aliphatic heterocycles. The third-order valence-corrected chi connectivity index (χ3v) is 5.15. The highest BCUT2D eigenvalue weighted by Gasteiger charge is 2.23. The Kier molecular flexibility index (Phi) is 7.32. The van der Waals surface area contributed by atoms with Gasteiger partial charge >= 0.3 is 6.43 Å². The highest BCUT2D eigenvalue weighted by molar-refractivity contribution is 5.96. The topological polar surface area (TPSA) is 111 Å². The fourth-order valence-electron chi connectivity index (χ4n) is 3.42.